The number of hydrogen-bond donors (Lipinski definition) is 0. The average molecular weight is 207 g/mol. The molecule has 15 heavy (non-hydrogen) atoms. The highest BCUT2D eigenvalue weighted by Crippen LogP contribution is 2.03. The summed E-state index contributed by atoms with van der Waals surface area (Å²) in [4.78, 5) is 27.4. The quantitative estimate of drug-likeness (QED) is 0.692. The van der Waals surface area contributed by atoms with Gasteiger partial charge >= 0.3 is 5.97 Å². The lowest BCUT2D eigenvalue weighted by molar-refractivity contribution is -0.160. The summed E-state index contributed by atoms with van der Waals surface area (Å²) in [5.41, 5.74) is 0.424. The fourth-order valence-electron chi connectivity index (χ4n) is 1.02. The zero-order valence-electron chi connectivity index (χ0n) is 8.77. The number of hydroxylamine groups is 2. The first-order valence-corrected chi connectivity index (χ1v) is 4.69. The van der Waals surface area contributed by atoms with E-state index >= 15 is 0 Å². The summed E-state index contributed by atoms with van der Waals surface area (Å²) >= 11 is 0. The predicted molar refractivity (Wildman–Crippen MR) is 54.9 cm³/mol. The van der Waals surface area contributed by atoms with Gasteiger partial charge in [-0.3, -0.25) is 4.79 Å². The second-order valence-corrected chi connectivity index (χ2v) is 2.99. The third kappa shape index (κ3) is 3.09. The molecule has 4 heteroatoms. The second kappa shape index (κ2) is 5.14. The molecule has 0 heterocycles. The molecule has 1 aromatic rings. The molecule has 0 spiro atoms. The lowest BCUT2D eigenvalue weighted by Crippen LogP contribution is -2.29. The van der Waals surface area contributed by atoms with Crippen molar-refractivity contribution in [3.05, 3.63) is 35.9 Å². The zero-order valence-corrected chi connectivity index (χ0v) is 8.77. The van der Waals surface area contributed by atoms with Gasteiger partial charge in [0.15, 0.2) is 0 Å². The predicted octanol–water partition coefficient (Wildman–Crippen LogP) is 1.63. The van der Waals surface area contributed by atoms with Crippen LogP contribution in [0, 0.1) is 0 Å². The molecule has 1 rings (SSSR count). The number of carbonyl (C=O) groups excluding carboxylic acids is 2. The van der Waals surface area contributed by atoms with Crippen LogP contribution in [0.5, 0.6) is 0 Å². The van der Waals surface area contributed by atoms with Gasteiger partial charge in [0, 0.05) is 13.5 Å². The maximum Gasteiger partial charge on any atom is 0.363 e. The van der Waals surface area contributed by atoms with Crippen LogP contribution in [0.25, 0.3) is 0 Å². The number of rotatable bonds is 2. The highest BCUT2D eigenvalue weighted by atomic mass is 16.7. The Kier molecular flexibility index (Phi) is 3.85. The molecule has 0 fully saturated rings. The van der Waals surface area contributed by atoms with Crippen LogP contribution in [0.15, 0.2) is 30.3 Å². The van der Waals surface area contributed by atoms with E-state index in [9.17, 15) is 9.59 Å². The molecule has 0 aliphatic rings. The molecule has 0 saturated heterocycles. The molecule has 0 unspecified atom stereocenters. The minimum Gasteiger partial charge on any atom is -0.333 e. The first-order chi connectivity index (χ1) is 7.15. The summed E-state index contributed by atoms with van der Waals surface area (Å²) in [6.07, 6.45) is 0.304. The molecule has 4 nitrogen and oxygen atoms in total. The summed E-state index contributed by atoms with van der Waals surface area (Å²) in [5, 5.41) is 0.954. The molecular weight excluding hydrogens is 194 g/mol. The van der Waals surface area contributed by atoms with Crippen LogP contribution in [-0.4, -0.2) is 24.0 Å². The molecule has 1 amide bonds. The Hall–Kier alpha value is -1.84. The van der Waals surface area contributed by atoms with Crippen molar-refractivity contribution in [3.8, 4) is 0 Å². The monoisotopic (exact) mass is 207 g/mol. The van der Waals surface area contributed by atoms with E-state index in [0.717, 1.165) is 5.06 Å². The highest BCUT2D eigenvalue weighted by molar-refractivity contribution is 5.90. The van der Waals surface area contributed by atoms with Crippen molar-refractivity contribution in [2.75, 3.05) is 7.05 Å². The lowest BCUT2D eigenvalue weighted by atomic mass is 10.2. The van der Waals surface area contributed by atoms with Gasteiger partial charge in [0.05, 0.1) is 5.56 Å². The molecular formula is C11H13NO3. The zero-order chi connectivity index (χ0) is 11.3. The maximum absolute atomic E-state index is 11.5. The smallest absolute Gasteiger partial charge is 0.333 e. The fraction of sp³-hybridized carbons (Fsp3) is 0.273. The minimum atomic E-state index is -0.528. The normalized spacial score (nSPS) is 9.47. The highest BCUT2D eigenvalue weighted by Gasteiger charge is 2.13. The Morgan fingerprint density at radius 1 is 1.27 bits per heavy atom. The SMILES string of the molecule is CCC(=O)N(C)OC(=O)c1ccccc1. The summed E-state index contributed by atoms with van der Waals surface area (Å²) in [5.74, 6) is -0.765. The van der Waals surface area contributed by atoms with E-state index in [4.69, 9.17) is 4.84 Å². The third-order valence-corrected chi connectivity index (χ3v) is 1.88. The van der Waals surface area contributed by atoms with Gasteiger partial charge in [-0.15, -0.1) is 0 Å². The summed E-state index contributed by atoms with van der Waals surface area (Å²) in [7, 11) is 1.42. The maximum atomic E-state index is 11.5. The van der Waals surface area contributed by atoms with Gasteiger partial charge in [0.25, 0.3) is 5.91 Å². The largest absolute Gasteiger partial charge is 0.363 e. The third-order valence-electron chi connectivity index (χ3n) is 1.88. The Labute approximate surface area is 88.4 Å². The molecule has 0 aliphatic carbocycles. The number of carbonyl (C=O) groups is 2. The molecule has 0 radical (unpaired) electrons. The molecule has 0 atom stereocenters. The average Bonchev–Trinajstić information content (AvgIpc) is 2.29. The molecule has 0 N–H and O–H groups in total. The van der Waals surface area contributed by atoms with Gasteiger partial charge in [-0.2, -0.15) is 5.06 Å². The Morgan fingerprint density at radius 2 is 1.87 bits per heavy atom. The van der Waals surface area contributed by atoms with Crippen LogP contribution in [0.2, 0.25) is 0 Å². The van der Waals surface area contributed by atoms with E-state index in [-0.39, 0.29) is 5.91 Å². The molecule has 0 bridgehead atoms. The van der Waals surface area contributed by atoms with Gasteiger partial charge in [0.1, 0.15) is 0 Å². The van der Waals surface area contributed by atoms with Gasteiger partial charge in [0.2, 0.25) is 0 Å². The van der Waals surface area contributed by atoms with Crippen molar-refractivity contribution < 1.29 is 14.4 Å². The lowest BCUT2D eigenvalue weighted by Gasteiger charge is -2.14. The molecule has 0 aromatic heterocycles. The van der Waals surface area contributed by atoms with Gasteiger partial charge in [-0.25, -0.2) is 4.79 Å². The molecule has 80 valence electrons. The first-order valence-electron chi connectivity index (χ1n) is 4.69. The van der Waals surface area contributed by atoms with Crippen LogP contribution in [0.4, 0.5) is 0 Å². The van der Waals surface area contributed by atoms with Crippen molar-refractivity contribution in [1.82, 2.24) is 5.06 Å². The van der Waals surface area contributed by atoms with E-state index in [1.807, 2.05) is 0 Å². The molecule has 0 saturated carbocycles. The topological polar surface area (TPSA) is 46.6 Å². The van der Waals surface area contributed by atoms with Crippen LogP contribution >= 0.6 is 0 Å². The Balaban J connectivity index is 2.61. The van der Waals surface area contributed by atoms with Crippen LogP contribution in [-0.2, 0) is 9.63 Å². The van der Waals surface area contributed by atoms with Crippen molar-refractivity contribution in [3.63, 3.8) is 0 Å². The van der Waals surface area contributed by atoms with Crippen molar-refractivity contribution in [2.45, 2.75) is 13.3 Å². The van der Waals surface area contributed by atoms with Gasteiger partial charge in [-0.05, 0) is 12.1 Å². The minimum absolute atomic E-state index is 0.237. The van der Waals surface area contributed by atoms with Gasteiger partial charge in [-0.1, -0.05) is 25.1 Å². The Morgan fingerprint density at radius 3 is 2.40 bits per heavy atom. The number of nitrogens with zero attached hydrogens (tertiary/aromatic N) is 1. The van der Waals surface area contributed by atoms with Crippen LogP contribution in [0.3, 0.4) is 0 Å². The van der Waals surface area contributed by atoms with Crippen molar-refractivity contribution in [1.29, 1.82) is 0 Å². The van der Waals surface area contributed by atoms with E-state index in [2.05, 4.69) is 0 Å². The van der Waals surface area contributed by atoms with Crippen molar-refractivity contribution >= 4 is 11.9 Å². The van der Waals surface area contributed by atoms with E-state index in [1.165, 1.54) is 7.05 Å². The molecule has 1 aromatic carbocycles. The first kappa shape index (κ1) is 11.2. The summed E-state index contributed by atoms with van der Waals surface area (Å²) in [6, 6.07) is 8.54. The second-order valence-electron chi connectivity index (χ2n) is 2.99. The summed E-state index contributed by atoms with van der Waals surface area (Å²) < 4.78 is 0. The standard InChI is InChI=1S/C11H13NO3/c1-3-10(13)12(2)15-11(14)9-7-5-4-6-8-9/h4-8H,3H2,1-2H3. The molecule has 0 aliphatic heterocycles. The number of amides is 1. The number of hydrogen-bond acceptors (Lipinski definition) is 3. The van der Waals surface area contributed by atoms with Crippen molar-refractivity contribution in [2.24, 2.45) is 0 Å². The van der Waals surface area contributed by atoms with E-state index in [0.29, 0.717) is 12.0 Å². The fourth-order valence-corrected chi connectivity index (χ4v) is 1.02. The Bertz CT molecular complexity index is 348. The van der Waals surface area contributed by atoms with Crippen LogP contribution in [0.1, 0.15) is 23.7 Å². The number of benzene rings is 1. The summed E-state index contributed by atoms with van der Waals surface area (Å²) in [6.45, 7) is 1.70. The van der Waals surface area contributed by atoms with Crippen LogP contribution < -0.4 is 0 Å². The van der Waals surface area contributed by atoms with Gasteiger partial charge < -0.3 is 4.84 Å². The van der Waals surface area contributed by atoms with E-state index < -0.39 is 5.97 Å². The van der Waals surface area contributed by atoms with E-state index in [1.54, 1.807) is 37.3 Å².